The number of carbonyl (C=O) groups is 1. The van der Waals surface area contributed by atoms with Crippen molar-refractivity contribution in [3.63, 3.8) is 0 Å². The summed E-state index contributed by atoms with van der Waals surface area (Å²) in [5.41, 5.74) is 2.43. The lowest BCUT2D eigenvalue weighted by molar-refractivity contribution is -0.115. The Morgan fingerprint density at radius 3 is 2.70 bits per heavy atom. The molecule has 6 nitrogen and oxygen atoms in total. The van der Waals surface area contributed by atoms with Gasteiger partial charge >= 0.3 is 0 Å². The number of nitrogens with two attached hydrogens (primary N) is 1. The molecular formula is C18H17Cl2N5OS. The van der Waals surface area contributed by atoms with Crippen LogP contribution in [0.25, 0.3) is 11.4 Å². The molecule has 0 aliphatic rings. The van der Waals surface area contributed by atoms with Crippen LogP contribution in [0.1, 0.15) is 12.5 Å². The smallest absolute Gasteiger partial charge is 0.237 e. The zero-order chi connectivity index (χ0) is 19.6. The maximum atomic E-state index is 12.4. The molecule has 0 saturated carbocycles. The molecule has 0 fully saturated rings. The largest absolute Gasteiger partial charge is 0.335 e. The lowest BCUT2D eigenvalue weighted by Crippen LogP contribution is -2.23. The van der Waals surface area contributed by atoms with Crippen molar-refractivity contribution in [1.82, 2.24) is 14.9 Å². The van der Waals surface area contributed by atoms with E-state index >= 15 is 0 Å². The number of nitrogens with one attached hydrogen (secondary N) is 1. The molecule has 140 valence electrons. The topological polar surface area (TPSA) is 85.8 Å². The average Bonchev–Trinajstić information content (AvgIpc) is 2.95. The van der Waals surface area contributed by atoms with Gasteiger partial charge in [-0.25, -0.2) is 4.68 Å². The Balaban J connectivity index is 1.74. The quantitative estimate of drug-likeness (QED) is 0.471. The molecule has 9 heteroatoms. The predicted molar refractivity (Wildman–Crippen MR) is 111 cm³/mol. The van der Waals surface area contributed by atoms with Crippen LogP contribution >= 0.6 is 35.0 Å². The van der Waals surface area contributed by atoms with E-state index in [1.165, 1.54) is 16.4 Å². The van der Waals surface area contributed by atoms with Crippen LogP contribution < -0.4 is 11.2 Å². The predicted octanol–water partition coefficient (Wildman–Crippen LogP) is 4.39. The van der Waals surface area contributed by atoms with E-state index in [1.54, 1.807) is 25.1 Å². The van der Waals surface area contributed by atoms with E-state index in [1.807, 2.05) is 31.2 Å². The number of nitrogens with zero attached hydrogens (tertiary/aromatic N) is 3. The van der Waals surface area contributed by atoms with Crippen molar-refractivity contribution in [1.29, 1.82) is 0 Å². The van der Waals surface area contributed by atoms with Crippen molar-refractivity contribution in [2.75, 3.05) is 11.2 Å². The van der Waals surface area contributed by atoms with Gasteiger partial charge in [-0.15, -0.1) is 10.2 Å². The Morgan fingerprint density at radius 1 is 1.22 bits per heavy atom. The standard InChI is InChI=1S/C18H17Cl2N5OS/c1-10-4-3-5-13(8-10)22-17(26)11(2)27-18-24-23-16(25(18)21)14-7-6-12(19)9-15(14)20/h3-9,11H,21H2,1-2H3,(H,22,26). The molecule has 3 N–H and O–H groups in total. The zero-order valence-corrected chi connectivity index (χ0v) is 16.9. The lowest BCUT2D eigenvalue weighted by Gasteiger charge is -2.12. The number of halogens is 2. The molecule has 1 amide bonds. The van der Waals surface area contributed by atoms with Crippen LogP contribution in [0.3, 0.4) is 0 Å². The Kier molecular flexibility index (Phi) is 5.94. The van der Waals surface area contributed by atoms with Crippen molar-refractivity contribution in [2.24, 2.45) is 0 Å². The number of hydrogen-bond acceptors (Lipinski definition) is 5. The fourth-order valence-electron chi connectivity index (χ4n) is 2.39. The first kappa shape index (κ1) is 19.5. The van der Waals surface area contributed by atoms with Crippen LogP contribution in [-0.4, -0.2) is 26.0 Å². The molecule has 1 heterocycles. The van der Waals surface area contributed by atoms with E-state index in [0.717, 1.165) is 11.3 Å². The third-order valence-electron chi connectivity index (χ3n) is 3.77. The minimum atomic E-state index is -0.425. The monoisotopic (exact) mass is 421 g/mol. The molecule has 3 aromatic rings. The van der Waals surface area contributed by atoms with Crippen molar-refractivity contribution in [3.05, 3.63) is 58.1 Å². The molecule has 1 atom stereocenters. The minimum Gasteiger partial charge on any atom is -0.335 e. The minimum absolute atomic E-state index is 0.153. The van der Waals surface area contributed by atoms with Crippen LogP contribution in [0.5, 0.6) is 0 Å². The van der Waals surface area contributed by atoms with Gasteiger partial charge in [0.1, 0.15) is 0 Å². The maximum Gasteiger partial charge on any atom is 0.237 e. The normalized spacial score (nSPS) is 12.0. The Morgan fingerprint density at radius 2 is 2.00 bits per heavy atom. The number of aryl methyl sites for hydroxylation is 1. The first-order valence-electron chi connectivity index (χ1n) is 8.05. The highest BCUT2D eigenvalue weighted by molar-refractivity contribution is 8.00. The highest BCUT2D eigenvalue weighted by atomic mass is 35.5. The summed E-state index contributed by atoms with van der Waals surface area (Å²) in [4.78, 5) is 12.4. The van der Waals surface area contributed by atoms with Crippen LogP contribution in [0.15, 0.2) is 47.6 Å². The summed E-state index contributed by atoms with van der Waals surface area (Å²) in [7, 11) is 0. The molecule has 27 heavy (non-hydrogen) atoms. The zero-order valence-electron chi connectivity index (χ0n) is 14.6. The first-order chi connectivity index (χ1) is 12.8. The van der Waals surface area contributed by atoms with Gasteiger partial charge in [0, 0.05) is 16.3 Å². The second-order valence-corrected chi connectivity index (χ2v) is 8.07. The molecule has 3 rings (SSSR count). The van der Waals surface area contributed by atoms with Gasteiger partial charge in [0.2, 0.25) is 11.1 Å². The molecule has 0 spiro atoms. The summed E-state index contributed by atoms with van der Waals surface area (Å²) >= 11 is 13.3. The van der Waals surface area contributed by atoms with Gasteiger partial charge in [0.15, 0.2) is 5.82 Å². The van der Waals surface area contributed by atoms with Crippen molar-refractivity contribution >= 4 is 46.6 Å². The van der Waals surface area contributed by atoms with Gasteiger partial charge in [-0.05, 0) is 49.7 Å². The van der Waals surface area contributed by atoms with E-state index < -0.39 is 5.25 Å². The SMILES string of the molecule is Cc1cccc(NC(=O)C(C)Sc2nnc(-c3ccc(Cl)cc3Cl)n2N)c1. The number of nitrogen functional groups attached to an aromatic ring is 1. The number of thioether (sulfide) groups is 1. The highest BCUT2D eigenvalue weighted by Crippen LogP contribution is 2.31. The summed E-state index contributed by atoms with van der Waals surface area (Å²) in [5.74, 6) is 6.35. The van der Waals surface area contributed by atoms with Crippen LogP contribution in [0, 0.1) is 6.92 Å². The van der Waals surface area contributed by atoms with Gasteiger partial charge in [-0.1, -0.05) is 47.1 Å². The molecule has 0 aliphatic heterocycles. The van der Waals surface area contributed by atoms with Crippen molar-refractivity contribution in [3.8, 4) is 11.4 Å². The second kappa shape index (κ2) is 8.21. The van der Waals surface area contributed by atoms with Crippen molar-refractivity contribution < 1.29 is 4.79 Å². The van der Waals surface area contributed by atoms with Crippen LogP contribution in [-0.2, 0) is 4.79 Å². The third kappa shape index (κ3) is 4.55. The maximum absolute atomic E-state index is 12.4. The number of benzene rings is 2. The Labute approximate surface area is 171 Å². The van der Waals surface area contributed by atoms with E-state index in [0.29, 0.717) is 26.6 Å². The average molecular weight is 422 g/mol. The van der Waals surface area contributed by atoms with Crippen molar-refractivity contribution in [2.45, 2.75) is 24.3 Å². The van der Waals surface area contributed by atoms with E-state index in [9.17, 15) is 4.79 Å². The van der Waals surface area contributed by atoms with Gasteiger partial charge in [0.05, 0.1) is 10.3 Å². The molecule has 1 aromatic heterocycles. The van der Waals surface area contributed by atoms with Gasteiger partial charge < -0.3 is 11.2 Å². The number of amides is 1. The van der Waals surface area contributed by atoms with Crippen LogP contribution in [0.4, 0.5) is 5.69 Å². The molecule has 2 aromatic carbocycles. The molecule has 0 radical (unpaired) electrons. The number of rotatable bonds is 5. The molecule has 1 unspecified atom stereocenters. The highest BCUT2D eigenvalue weighted by Gasteiger charge is 2.21. The summed E-state index contributed by atoms with van der Waals surface area (Å²) in [6.45, 7) is 3.74. The van der Waals surface area contributed by atoms with Crippen LogP contribution in [0.2, 0.25) is 10.0 Å². The van der Waals surface area contributed by atoms with E-state index in [4.69, 9.17) is 29.0 Å². The number of hydrogen-bond donors (Lipinski definition) is 2. The summed E-state index contributed by atoms with van der Waals surface area (Å²) in [5, 5.41) is 12.0. The first-order valence-corrected chi connectivity index (χ1v) is 9.69. The third-order valence-corrected chi connectivity index (χ3v) is 5.38. The molecule has 0 saturated heterocycles. The summed E-state index contributed by atoms with van der Waals surface area (Å²) < 4.78 is 1.32. The van der Waals surface area contributed by atoms with Gasteiger partial charge in [-0.2, -0.15) is 0 Å². The number of anilines is 1. The number of carbonyl (C=O) groups excluding carboxylic acids is 1. The fraction of sp³-hybridized carbons (Fsp3) is 0.167. The number of aromatic nitrogens is 3. The van der Waals surface area contributed by atoms with Gasteiger partial charge in [-0.3, -0.25) is 4.79 Å². The van der Waals surface area contributed by atoms with E-state index in [-0.39, 0.29) is 5.91 Å². The molecular weight excluding hydrogens is 405 g/mol. The summed E-state index contributed by atoms with van der Waals surface area (Å²) in [6.07, 6.45) is 0. The molecule has 0 aliphatic carbocycles. The second-order valence-electron chi connectivity index (χ2n) is 5.92. The van der Waals surface area contributed by atoms with Gasteiger partial charge in [0.25, 0.3) is 0 Å². The lowest BCUT2D eigenvalue weighted by atomic mass is 10.2. The molecule has 0 bridgehead atoms. The Hall–Kier alpha value is -2.22. The van der Waals surface area contributed by atoms with E-state index in [2.05, 4.69) is 15.5 Å². The Bertz CT molecular complexity index is 992. The summed E-state index contributed by atoms with van der Waals surface area (Å²) in [6, 6.07) is 12.6. The fourth-order valence-corrected chi connectivity index (χ4v) is 3.65.